The van der Waals surface area contributed by atoms with Crippen LogP contribution in [0, 0.1) is 6.92 Å². The van der Waals surface area contributed by atoms with Gasteiger partial charge in [-0.3, -0.25) is 0 Å². The number of thiazole rings is 1. The highest BCUT2D eigenvalue weighted by Crippen LogP contribution is 2.29. The Morgan fingerprint density at radius 3 is 2.94 bits per heavy atom. The van der Waals surface area contributed by atoms with E-state index in [1.807, 2.05) is 12.4 Å². The molecule has 0 amide bonds. The third-order valence-electron chi connectivity index (χ3n) is 2.51. The molecule has 0 fully saturated rings. The van der Waals surface area contributed by atoms with Crippen LogP contribution in [-0.4, -0.2) is 12.0 Å². The predicted octanol–water partition coefficient (Wildman–Crippen LogP) is 3.51. The molecule has 1 aromatic carbocycles. The highest BCUT2D eigenvalue weighted by molar-refractivity contribution is 9.10. The van der Waals surface area contributed by atoms with Crippen LogP contribution in [0.5, 0.6) is 5.75 Å². The average molecular weight is 327 g/mol. The fraction of sp³-hybridized carbons (Fsp3) is 0.308. The van der Waals surface area contributed by atoms with Crippen LogP contribution in [0.2, 0.25) is 0 Å². The van der Waals surface area contributed by atoms with Crippen LogP contribution in [0.1, 0.15) is 16.1 Å². The van der Waals surface area contributed by atoms with Crippen molar-refractivity contribution in [3.63, 3.8) is 0 Å². The first-order valence-electron chi connectivity index (χ1n) is 5.65. The smallest absolute Gasteiger partial charge is 0.140 e. The van der Waals surface area contributed by atoms with E-state index in [-0.39, 0.29) is 0 Å². The summed E-state index contributed by atoms with van der Waals surface area (Å²) in [6.45, 7) is 3.37. The molecule has 1 aromatic heterocycles. The van der Waals surface area contributed by atoms with Gasteiger partial charge in [0.15, 0.2) is 0 Å². The second kappa shape index (κ2) is 6.31. The first kappa shape index (κ1) is 13.5. The summed E-state index contributed by atoms with van der Waals surface area (Å²) in [5.41, 5.74) is 2.28. The van der Waals surface area contributed by atoms with Crippen molar-refractivity contribution in [2.75, 3.05) is 7.05 Å². The van der Waals surface area contributed by atoms with Gasteiger partial charge in [0.1, 0.15) is 17.4 Å². The lowest BCUT2D eigenvalue weighted by Crippen LogP contribution is -2.08. The number of rotatable bonds is 5. The molecule has 0 radical (unpaired) electrons. The van der Waals surface area contributed by atoms with Gasteiger partial charge in [0, 0.05) is 28.2 Å². The molecule has 0 aliphatic rings. The highest BCUT2D eigenvalue weighted by Gasteiger charge is 2.09. The minimum absolute atomic E-state index is 0.525. The summed E-state index contributed by atoms with van der Waals surface area (Å²) in [5.74, 6) is 0.947. The summed E-state index contributed by atoms with van der Waals surface area (Å²) in [5, 5.41) is 6.11. The summed E-state index contributed by atoms with van der Waals surface area (Å²) in [6, 6.07) is 4.15. The van der Waals surface area contributed by atoms with E-state index in [4.69, 9.17) is 4.74 Å². The topological polar surface area (TPSA) is 34.1 Å². The number of halogens is 1. The Labute approximate surface area is 119 Å². The Morgan fingerprint density at radius 1 is 1.44 bits per heavy atom. The number of ether oxygens (including phenoxy) is 1. The molecular formula is C13H15BrN2OS. The molecule has 0 atom stereocenters. The molecule has 0 bridgehead atoms. The van der Waals surface area contributed by atoms with Gasteiger partial charge in [0.05, 0.1) is 0 Å². The van der Waals surface area contributed by atoms with E-state index in [0.29, 0.717) is 6.61 Å². The first-order valence-corrected chi connectivity index (χ1v) is 7.32. The van der Waals surface area contributed by atoms with E-state index < -0.39 is 0 Å². The molecule has 0 saturated carbocycles. The van der Waals surface area contributed by atoms with Gasteiger partial charge in [0.2, 0.25) is 0 Å². The molecule has 0 unspecified atom stereocenters. The van der Waals surface area contributed by atoms with Crippen molar-refractivity contribution in [1.29, 1.82) is 0 Å². The van der Waals surface area contributed by atoms with Crippen molar-refractivity contribution in [3.05, 3.63) is 44.3 Å². The van der Waals surface area contributed by atoms with E-state index in [2.05, 4.69) is 45.3 Å². The van der Waals surface area contributed by atoms with Gasteiger partial charge in [0.25, 0.3) is 0 Å². The number of aryl methyl sites for hydroxylation is 1. The van der Waals surface area contributed by atoms with Crippen LogP contribution in [0.3, 0.4) is 0 Å². The molecule has 1 N–H and O–H groups in total. The van der Waals surface area contributed by atoms with Gasteiger partial charge in [-0.2, -0.15) is 0 Å². The maximum atomic E-state index is 5.91. The second-order valence-electron chi connectivity index (χ2n) is 3.96. The van der Waals surface area contributed by atoms with Gasteiger partial charge < -0.3 is 10.1 Å². The molecule has 0 aliphatic carbocycles. The minimum Gasteiger partial charge on any atom is -0.486 e. The summed E-state index contributed by atoms with van der Waals surface area (Å²) in [7, 11) is 1.93. The largest absolute Gasteiger partial charge is 0.486 e. The normalized spacial score (nSPS) is 10.6. The van der Waals surface area contributed by atoms with Crippen LogP contribution in [0.4, 0.5) is 0 Å². The van der Waals surface area contributed by atoms with Gasteiger partial charge in [-0.05, 0) is 31.7 Å². The number of nitrogens with one attached hydrogen (secondary N) is 1. The molecule has 0 aliphatic heterocycles. The van der Waals surface area contributed by atoms with Crippen molar-refractivity contribution >= 4 is 27.3 Å². The lowest BCUT2D eigenvalue weighted by molar-refractivity contribution is 0.299. The van der Waals surface area contributed by atoms with Crippen LogP contribution in [0.15, 0.2) is 28.2 Å². The van der Waals surface area contributed by atoms with Crippen molar-refractivity contribution in [2.24, 2.45) is 0 Å². The molecule has 5 heteroatoms. The van der Waals surface area contributed by atoms with E-state index in [0.717, 1.165) is 32.9 Å². The SMILES string of the molecule is CNCc1cc(Br)cc(C)c1OCc1nccs1. The van der Waals surface area contributed by atoms with Crippen LogP contribution in [-0.2, 0) is 13.2 Å². The standard InChI is InChI=1S/C13H15BrN2OS/c1-9-5-11(14)6-10(7-15-2)13(9)17-8-12-16-3-4-18-12/h3-6,15H,7-8H2,1-2H3. The lowest BCUT2D eigenvalue weighted by Gasteiger charge is -2.14. The van der Waals surface area contributed by atoms with Crippen LogP contribution < -0.4 is 10.1 Å². The summed E-state index contributed by atoms with van der Waals surface area (Å²) < 4.78 is 6.98. The Morgan fingerprint density at radius 2 is 2.28 bits per heavy atom. The summed E-state index contributed by atoms with van der Waals surface area (Å²) in [4.78, 5) is 4.22. The number of aromatic nitrogens is 1. The van der Waals surface area contributed by atoms with Gasteiger partial charge >= 0.3 is 0 Å². The number of benzene rings is 1. The predicted molar refractivity (Wildman–Crippen MR) is 78.1 cm³/mol. The van der Waals surface area contributed by atoms with E-state index in [1.165, 1.54) is 0 Å². The lowest BCUT2D eigenvalue weighted by atomic mass is 10.1. The van der Waals surface area contributed by atoms with Crippen molar-refractivity contribution in [3.8, 4) is 5.75 Å². The second-order valence-corrected chi connectivity index (χ2v) is 5.85. The monoisotopic (exact) mass is 326 g/mol. The zero-order valence-corrected chi connectivity index (χ0v) is 12.8. The minimum atomic E-state index is 0.525. The molecule has 96 valence electrons. The van der Waals surface area contributed by atoms with Crippen molar-refractivity contribution in [1.82, 2.24) is 10.3 Å². The number of hydrogen-bond donors (Lipinski definition) is 1. The van der Waals surface area contributed by atoms with Gasteiger partial charge in [-0.1, -0.05) is 15.9 Å². The molecule has 2 rings (SSSR count). The Kier molecular flexibility index (Phi) is 4.74. The zero-order valence-electron chi connectivity index (χ0n) is 10.4. The fourth-order valence-electron chi connectivity index (χ4n) is 1.79. The number of hydrogen-bond acceptors (Lipinski definition) is 4. The quantitative estimate of drug-likeness (QED) is 0.912. The molecule has 0 saturated heterocycles. The molecule has 0 spiro atoms. The number of nitrogens with zero attached hydrogens (tertiary/aromatic N) is 1. The molecule has 3 nitrogen and oxygen atoms in total. The maximum Gasteiger partial charge on any atom is 0.140 e. The Bertz CT molecular complexity index is 514. The molecule has 1 heterocycles. The average Bonchev–Trinajstić information content (AvgIpc) is 2.81. The zero-order chi connectivity index (χ0) is 13.0. The van der Waals surface area contributed by atoms with Crippen LogP contribution >= 0.6 is 27.3 Å². The fourth-order valence-corrected chi connectivity index (χ4v) is 2.93. The van der Waals surface area contributed by atoms with E-state index >= 15 is 0 Å². The van der Waals surface area contributed by atoms with Crippen molar-refractivity contribution in [2.45, 2.75) is 20.1 Å². The van der Waals surface area contributed by atoms with E-state index in [1.54, 1.807) is 17.5 Å². The maximum absolute atomic E-state index is 5.91. The highest BCUT2D eigenvalue weighted by atomic mass is 79.9. The molecular weight excluding hydrogens is 312 g/mol. The Hall–Kier alpha value is -0.910. The summed E-state index contributed by atoms with van der Waals surface area (Å²) in [6.07, 6.45) is 1.80. The van der Waals surface area contributed by atoms with Gasteiger partial charge in [-0.25, -0.2) is 4.98 Å². The van der Waals surface area contributed by atoms with Crippen molar-refractivity contribution < 1.29 is 4.74 Å². The molecule has 2 aromatic rings. The first-order chi connectivity index (χ1) is 8.70. The summed E-state index contributed by atoms with van der Waals surface area (Å²) >= 11 is 5.12. The van der Waals surface area contributed by atoms with E-state index in [9.17, 15) is 0 Å². The third-order valence-corrected chi connectivity index (χ3v) is 3.72. The third kappa shape index (κ3) is 3.31. The Balaban J connectivity index is 2.19. The van der Waals surface area contributed by atoms with Crippen LogP contribution in [0.25, 0.3) is 0 Å². The molecule has 18 heavy (non-hydrogen) atoms. The van der Waals surface area contributed by atoms with Gasteiger partial charge in [-0.15, -0.1) is 11.3 Å².